The van der Waals surface area contributed by atoms with E-state index in [1.165, 1.54) is 0 Å². The SMILES string of the molecule is Cl.N[C@@H](Cc1ccc(I)cc1)C(=O)NCCNC(=O)C(F)(F)F. The molecule has 0 heterocycles. The van der Waals surface area contributed by atoms with E-state index in [0.717, 1.165) is 9.13 Å². The molecule has 4 N–H and O–H groups in total. The lowest BCUT2D eigenvalue weighted by molar-refractivity contribution is -0.173. The van der Waals surface area contributed by atoms with Gasteiger partial charge in [-0.2, -0.15) is 13.2 Å². The molecule has 0 aliphatic rings. The van der Waals surface area contributed by atoms with E-state index in [0.29, 0.717) is 6.42 Å². The summed E-state index contributed by atoms with van der Waals surface area (Å²) < 4.78 is 36.8. The first kappa shape index (κ1) is 21.9. The summed E-state index contributed by atoms with van der Waals surface area (Å²) in [7, 11) is 0. The summed E-state index contributed by atoms with van der Waals surface area (Å²) in [5.41, 5.74) is 6.60. The van der Waals surface area contributed by atoms with Crippen LogP contribution in [0, 0.1) is 3.57 Å². The van der Waals surface area contributed by atoms with Crippen molar-refractivity contribution in [1.29, 1.82) is 0 Å². The summed E-state index contributed by atoms with van der Waals surface area (Å²) in [6.07, 6.45) is -4.61. The van der Waals surface area contributed by atoms with Crippen molar-refractivity contribution < 1.29 is 22.8 Å². The lowest BCUT2D eigenvalue weighted by atomic mass is 10.1. The summed E-state index contributed by atoms with van der Waals surface area (Å²) in [6.45, 7) is -0.443. The largest absolute Gasteiger partial charge is 0.471 e. The van der Waals surface area contributed by atoms with Crippen LogP contribution in [0.25, 0.3) is 0 Å². The summed E-state index contributed by atoms with van der Waals surface area (Å²) in [6, 6.07) is 6.65. The molecule has 0 aromatic heterocycles. The topological polar surface area (TPSA) is 84.2 Å². The lowest BCUT2D eigenvalue weighted by Crippen LogP contribution is -2.46. The molecule has 1 aromatic rings. The van der Waals surface area contributed by atoms with Crippen molar-refractivity contribution in [3.8, 4) is 0 Å². The van der Waals surface area contributed by atoms with E-state index >= 15 is 0 Å². The molecule has 23 heavy (non-hydrogen) atoms. The number of nitrogens with one attached hydrogen (secondary N) is 2. The van der Waals surface area contributed by atoms with Gasteiger partial charge >= 0.3 is 12.1 Å². The van der Waals surface area contributed by atoms with Crippen LogP contribution in [0.2, 0.25) is 0 Å². The van der Waals surface area contributed by atoms with Gasteiger partial charge in [0.05, 0.1) is 6.04 Å². The maximum Gasteiger partial charge on any atom is 0.471 e. The Hall–Kier alpha value is -1.07. The second kappa shape index (κ2) is 9.93. The highest BCUT2D eigenvalue weighted by Crippen LogP contribution is 2.13. The fourth-order valence-corrected chi connectivity index (χ4v) is 1.92. The predicted molar refractivity (Wildman–Crippen MR) is 90.2 cm³/mol. The number of benzene rings is 1. The number of carbonyl (C=O) groups excluding carboxylic acids is 2. The lowest BCUT2D eigenvalue weighted by Gasteiger charge is -2.13. The number of alkyl halides is 3. The molecule has 0 aliphatic heterocycles. The van der Waals surface area contributed by atoms with Gasteiger partial charge < -0.3 is 16.4 Å². The second-order valence-electron chi connectivity index (χ2n) is 4.48. The van der Waals surface area contributed by atoms with Gasteiger partial charge in [0.2, 0.25) is 5.91 Å². The van der Waals surface area contributed by atoms with E-state index in [-0.39, 0.29) is 25.5 Å². The van der Waals surface area contributed by atoms with Gasteiger partial charge in [-0.15, -0.1) is 12.4 Å². The van der Waals surface area contributed by atoms with E-state index in [4.69, 9.17) is 5.73 Å². The van der Waals surface area contributed by atoms with Crippen LogP contribution in [0.5, 0.6) is 0 Å². The average Bonchev–Trinajstić information content (AvgIpc) is 2.44. The van der Waals surface area contributed by atoms with E-state index < -0.39 is 24.0 Å². The monoisotopic (exact) mass is 465 g/mol. The molecule has 2 amide bonds. The first-order chi connectivity index (χ1) is 10.2. The van der Waals surface area contributed by atoms with Crippen LogP contribution in [0.3, 0.4) is 0 Å². The molecular weight excluding hydrogens is 450 g/mol. The summed E-state index contributed by atoms with van der Waals surface area (Å²) in [5.74, 6) is -2.52. The fraction of sp³-hybridized carbons (Fsp3) is 0.385. The molecule has 5 nitrogen and oxygen atoms in total. The van der Waals surface area contributed by atoms with Crippen LogP contribution >= 0.6 is 35.0 Å². The molecule has 0 fully saturated rings. The van der Waals surface area contributed by atoms with Gasteiger partial charge in [0.1, 0.15) is 0 Å². The first-order valence-corrected chi connectivity index (χ1v) is 7.41. The molecule has 1 atom stereocenters. The highest BCUT2D eigenvalue weighted by molar-refractivity contribution is 14.1. The highest BCUT2D eigenvalue weighted by atomic mass is 127. The number of rotatable bonds is 6. The van der Waals surface area contributed by atoms with E-state index in [2.05, 4.69) is 27.9 Å². The minimum absolute atomic E-state index is 0. The van der Waals surface area contributed by atoms with Crippen molar-refractivity contribution in [2.45, 2.75) is 18.6 Å². The number of carbonyl (C=O) groups is 2. The molecule has 0 saturated heterocycles. The Bertz CT molecular complexity index is 526. The Balaban J connectivity index is 0.00000484. The molecule has 0 radical (unpaired) electrons. The van der Waals surface area contributed by atoms with Gasteiger partial charge in [-0.05, 0) is 46.7 Å². The number of amides is 2. The zero-order valence-electron chi connectivity index (χ0n) is 11.8. The number of hydrogen-bond donors (Lipinski definition) is 3. The smallest absolute Gasteiger partial charge is 0.353 e. The zero-order valence-corrected chi connectivity index (χ0v) is 14.8. The van der Waals surface area contributed by atoms with Crippen LogP contribution in [-0.2, 0) is 16.0 Å². The predicted octanol–water partition coefficient (Wildman–Crippen LogP) is 1.38. The van der Waals surface area contributed by atoms with Crippen molar-refractivity contribution in [2.24, 2.45) is 5.73 Å². The van der Waals surface area contributed by atoms with Gasteiger partial charge in [-0.25, -0.2) is 0 Å². The zero-order chi connectivity index (χ0) is 16.8. The Labute approximate surface area is 151 Å². The Morgan fingerprint density at radius 3 is 2.17 bits per heavy atom. The van der Waals surface area contributed by atoms with Crippen LogP contribution in [0.15, 0.2) is 24.3 Å². The Morgan fingerprint density at radius 1 is 1.13 bits per heavy atom. The van der Waals surface area contributed by atoms with Crippen molar-refractivity contribution >= 4 is 46.8 Å². The normalized spacial score (nSPS) is 12.0. The molecular formula is C13H16ClF3IN3O2. The molecule has 0 bridgehead atoms. The van der Waals surface area contributed by atoms with Gasteiger partial charge in [-0.3, -0.25) is 9.59 Å². The van der Waals surface area contributed by atoms with Crippen molar-refractivity contribution in [2.75, 3.05) is 13.1 Å². The van der Waals surface area contributed by atoms with E-state index in [1.807, 2.05) is 24.3 Å². The number of hydrogen-bond acceptors (Lipinski definition) is 3. The molecule has 1 aromatic carbocycles. The van der Waals surface area contributed by atoms with E-state index in [1.54, 1.807) is 5.32 Å². The van der Waals surface area contributed by atoms with Crippen molar-refractivity contribution in [3.63, 3.8) is 0 Å². The molecule has 1 rings (SSSR count). The second-order valence-corrected chi connectivity index (χ2v) is 5.73. The summed E-state index contributed by atoms with van der Waals surface area (Å²) >= 11 is 2.15. The molecule has 130 valence electrons. The minimum Gasteiger partial charge on any atom is -0.353 e. The van der Waals surface area contributed by atoms with Crippen molar-refractivity contribution in [3.05, 3.63) is 33.4 Å². The average molecular weight is 466 g/mol. The standard InChI is InChI=1S/C13H15F3IN3O2.ClH/c14-13(15,16)12(22)20-6-5-19-11(21)10(18)7-8-1-3-9(17)4-2-8;/h1-4,10H,5-7,18H2,(H,19,21)(H,20,22);1H/t10-;/m0./s1. The van der Waals surface area contributed by atoms with Crippen LogP contribution in [-0.4, -0.2) is 37.1 Å². The molecule has 0 saturated carbocycles. The maximum absolute atomic E-state index is 11.9. The number of halogens is 5. The Kier molecular flexibility index (Phi) is 9.47. The third-order valence-corrected chi connectivity index (χ3v) is 3.39. The van der Waals surface area contributed by atoms with Gasteiger partial charge in [-0.1, -0.05) is 12.1 Å². The molecule has 0 spiro atoms. The van der Waals surface area contributed by atoms with E-state index in [9.17, 15) is 22.8 Å². The molecule has 10 heteroatoms. The van der Waals surface area contributed by atoms with Crippen molar-refractivity contribution in [1.82, 2.24) is 10.6 Å². The van der Waals surface area contributed by atoms with Gasteiger partial charge in [0.15, 0.2) is 0 Å². The molecule has 0 aliphatic carbocycles. The van der Waals surface area contributed by atoms with Gasteiger partial charge in [0.25, 0.3) is 0 Å². The third-order valence-electron chi connectivity index (χ3n) is 2.67. The molecule has 0 unspecified atom stereocenters. The summed E-state index contributed by atoms with van der Waals surface area (Å²) in [4.78, 5) is 22.2. The minimum atomic E-state index is -4.93. The highest BCUT2D eigenvalue weighted by Gasteiger charge is 2.38. The Morgan fingerprint density at radius 2 is 1.65 bits per heavy atom. The number of nitrogens with two attached hydrogens (primary N) is 1. The first-order valence-electron chi connectivity index (χ1n) is 6.33. The maximum atomic E-state index is 11.9. The van der Waals surface area contributed by atoms with Crippen LogP contribution < -0.4 is 16.4 Å². The fourth-order valence-electron chi connectivity index (χ4n) is 1.56. The third kappa shape index (κ3) is 8.37. The van der Waals surface area contributed by atoms with Crippen LogP contribution in [0.4, 0.5) is 13.2 Å². The summed E-state index contributed by atoms with van der Waals surface area (Å²) in [5, 5.41) is 4.03. The quantitative estimate of drug-likeness (QED) is 0.438. The van der Waals surface area contributed by atoms with Crippen LogP contribution in [0.1, 0.15) is 5.56 Å². The van der Waals surface area contributed by atoms with Gasteiger partial charge in [0, 0.05) is 16.7 Å².